The van der Waals surface area contributed by atoms with Crippen LogP contribution in [0.3, 0.4) is 0 Å². The SMILES string of the molecule is CCNC(=NCC1(c2ccccc2F)CC1)N1CCC(CN(CC)CC)C1. The quantitative estimate of drug-likeness (QED) is 0.558. The Morgan fingerprint density at radius 1 is 1.26 bits per heavy atom. The van der Waals surface area contributed by atoms with Crippen molar-refractivity contribution in [1.82, 2.24) is 15.1 Å². The fraction of sp³-hybridized carbons (Fsp3) is 0.682. The van der Waals surface area contributed by atoms with Gasteiger partial charge in [0.2, 0.25) is 0 Å². The van der Waals surface area contributed by atoms with Gasteiger partial charge in [0.25, 0.3) is 0 Å². The van der Waals surface area contributed by atoms with Crippen molar-refractivity contribution in [3.05, 3.63) is 35.6 Å². The number of benzene rings is 1. The predicted molar refractivity (Wildman–Crippen MR) is 111 cm³/mol. The summed E-state index contributed by atoms with van der Waals surface area (Å²) in [5.41, 5.74) is 0.747. The largest absolute Gasteiger partial charge is 0.357 e. The van der Waals surface area contributed by atoms with Crippen LogP contribution < -0.4 is 5.32 Å². The minimum atomic E-state index is -0.0909. The van der Waals surface area contributed by atoms with Gasteiger partial charge >= 0.3 is 0 Å². The van der Waals surface area contributed by atoms with E-state index in [0.29, 0.717) is 12.5 Å². The fourth-order valence-electron chi connectivity index (χ4n) is 4.23. The van der Waals surface area contributed by atoms with Gasteiger partial charge in [0, 0.05) is 31.6 Å². The third-order valence-corrected chi connectivity index (χ3v) is 6.16. The molecular weight excluding hydrogens is 339 g/mol. The highest BCUT2D eigenvalue weighted by molar-refractivity contribution is 5.80. The van der Waals surface area contributed by atoms with Crippen LogP contribution in [0.2, 0.25) is 0 Å². The summed E-state index contributed by atoms with van der Waals surface area (Å²) < 4.78 is 14.3. The van der Waals surface area contributed by atoms with E-state index < -0.39 is 0 Å². The van der Waals surface area contributed by atoms with Crippen molar-refractivity contribution in [3.63, 3.8) is 0 Å². The van der Waals surface area contributed by atoms with E-state index in [4.69, 9.17) is 4.99 Å². The molecule has 3 rings (SSSR count). The van der Waals surface area contributed by atoms with E-state index in [9.17, 15) is 4.39 Å². The second-order valence-electron chi connectivity index (χ2n) is 8.02. The summed E-state index contributed by atoms with van der Waals surface area (Å²) >= 11 is 0. The van der Waals surface area contributed by atoms with Gasteiger partial charge in [-0.1, -0.05) is 32.0 Å². The number of halogens is 1. The molecule has 1 aliphatic heterocycles. The molecule has 5 heteroatoms. The highest BCUT2D eigenvalue weighted by atomic mass is 19.1. The van der Waals surface area contributed by atoms with Gasteiger partial charge in [-0.2, -0.15) is 0 Å². The van der Waals surface area contributed by atoms with Crippen LogP contribution in [0.1, 0.15) is 45.6 Å². The van der Waals surface area contributed by atoms with Crippen molar-refractivity contribution < 1.29 is 4.39 Å². The molecule has 0 bridgehead atoms. The van der Waals surface area contributed by atoms with Crippen molar-refractivity contribution in [2.75, 3.05) is 45.8 Å². The summed E-state index contributed by atoms with van der Waals surface area (Å²) in [6.07, 6.45) is 3.28. The van der Waals surface area contributed by atoms with Crippen molar-refractivity contribution in [3.8, 4) is 0 Å². The number of nitrogens with one attached hydrogen (secondary N) is 1. The van der Waals surface area contributed by atoms with Crippen LogP contribution in [0.15, 0.2) is 29.3 Å². The summed E-state index contributed by atoms with van der Waals surface area (Å²) in [6.45, 7) is 13.7. The molecule has 27 heavy (non-hydrogen) atoms. The molecule has 2 fully saturated rings. The third-order valence-electron chi connectivity index (χ3n) is 6.16. The van der Waals surface area contributed by atoms with Gasteiger partial charge in [0.1, 0.15) is 5.82 Å². The normalized spacial score (nSPS) is 21.7. The summed E-state index contributed by atoms with van der Waals surface area (Å²) in [7, 11) is 0. The number of nitrogens with zero attached hydrogens (tertiary/aromatic N) is 3. The van der Waals surface area contributed by atoms with Crippen LogP contribution in [0.5, 0.6) is 0 Å². The number of hydrogen-bond acceptors (Lipinski definition) is 2. The third kappa shape index (κ3) is 4.81. The van der Waals surface area contributed by atoms with Gasteiger partial charge < -0.3 is 15.1 Å². The zero-order chi connectivity index (χ0) is 19.3. The Bertz CT molecular complexity index is 637. The Hall–Kier alpha value is -1.62. The van der Waals surface area contributed by atoms with Gasteiger partial charge in [-0.3, -0.25) is 4.99 Å². The van der Waals surface area contributed by atoms with E-state index in [1.165, 1.54) is 13.0 Å². The first-order chi connectivity index (χ1) is 13.1. The topological polar surface area (TPSA) is 30.9 Å². The second kappa shape index (κ2) is 9.05. The van der Waals surface area contributed by atoms with Gasteiger partial charge in [-0.05, 0) is 56.8 Å². The first kappa shape index (κ1) is 20.1. The molecule has 0 radical (unpaired) electrons. The molecule has 1 aromatic carbocycles. The molecule has 1 unspecified atom stereocenters. The lowest BCUT2D eigenvalue weighted by Crippen LogP contribution is -2.41. The number of guanidine groups is 1. The Labute approximate surface area is 163 Å². The number of rotatable bonds is 8. The van der Waals surface area contributed by atoms with Gasteiger partial charge in [0.15, 0.2) is 5.96 Å². The lowest BCUT2D eigenvalue weighted by molar-refractivity contribution is 0.255. The minimum Gasteiger partial charge on any atom is -0.357 e. The molecule has 1 heterocycles. The first-order valence-corrected chi connectivity index (χ1v) is 10.6. The second-order valence-corrected chi connectivity index (χ2v) is 8.02. The van der Waals surface area contributed by atoms with Crippen LogP contribution in [0.4, 0.5) is 4.39 Å². The number of aliphatic imine (C=N–C) groups is 1. The highest BCUT2D eigenvalue weighted by Gasteiger charge is 2.46. The van der Waals surface area contributed by atoms with Crippen LogP contribution in [-0.2, 0) is 5.41 Å². The molecule has 4 nitrogen and oxygen atoms in total. The average molecular weight is 375 g/mol. The molecule has 1 atom stereocenters. The fourth-order valence-corrected chi connectivity index (χ4v) is 4.23. The molecule has 1 saturated heterocycles. The van der Waals surface area contributed by atoms with Gasteiger partial charge in [-0.25, -0.2) is 4.39 Å². The first-order valence-electron chi connectivity index (χ1n) is 10.6. The maximum Gasteiger partial charge on any atom is 0.193 e. The average Bonchev–Trinajstić information content (AvgIpc) is 3.33. The Morgan fingerprint density at radius 2 is 2.00 bits per heavy atom. The molecular formula is C22H35FN4. The number of likely N-dealkylation sites (tertiary alicyclic amines) is 1. The summed E-state index contributed by atoms with van der Waals surface area (Å²) in [4.78, 5) is 9.86. The van der Waals surface area contributed by atoms with E-state index in [2.05, 4.69) is 35.9 Å². The maximum atomic E-state index is 14.3. The monoisotopic (exact) mass is 374 g/mol. The van der Waals surface area contributed by atoms with E-state index in [-0.39, 0.29) is 11.2 Å². The zero-order valence-corrected chi connectivity index (χ0v) is 17.2. The summed E-state index contributed by atoms with van der Waals surface area (Å²) in [5, 5.41) is 3.46. The molecule has 0 spiro atoms. The molecule has 1 N–H and O–H groups in total. The number of hydrogen-bond donors (Lipinski definition) is 1. The highest BCUT2D eigenvalue weighted by Crippen LogP contribution is 2.49. The molecule has 0 aromatic heterocycles. The van der Waals surface area contributed by atoms with E-state index in [1.54, 1.807) is 12.1 Å². The van der Waals surface area contributed by atoms with Gasteiger partial charge in [0.05, 0.1) is 6.54 Å². The molecule has 2 aliphatic rings. The maximum absolute atomic E-state index is 14.3. The van der Waals surface area contributed by atoms with Crippen molar-refractivity contribution in [1.29, 1.82) is 0 Å². The molecule has 150 valence electrons. The standard InChI is InChI=1S/C22H35FN4/c1-4-24-21(27-14-11-18(16-27)15-26(5-2)6-3)25-17-22(12-13-22)19-9-7-8-10-20(19)23/h7-10,18H,4-6,11-17H2,1-3H3,(H,24,25). The Morgan fingerprint density at radius 3 is 2.63 bits per heavy atom. The van der Waals surface area contributed by atoms with Gasteiger partial charge in [-0.15, -0.1) is 0 Å². The molecule has 1 aromatic rings. The van der Waals surface area contributed by atoms with Crippen LogP contribution >= 0.6 is 0 Å². The molecule has 1 saturated carbocycles. The summed E-state index contributed by atoms with van der Waals surface area (Å²) in [6, 6.07) is 7.21. The molecule has 1 aliphatic carbocycles. The van der Waals surface area contributed by atoms with E-state index in [1.807, 2.05) is 12.1 Å². The van der Waals surface area contributed by atoms with E-state index >= 15 is 0 Å². The lowest BCUT2D eigenvalue weighted by atomic mass is 9.95. The predicted octanol–water partition coefficient (Wildman–Crippen LogP) is 3.49. The smallest absolute Gasteiger partial charge is 0.193 e. The Kier molecular flexibility index (Phi) is 6.74. The lowest BCUT2D eigenvalue weighted by Gasteiger charge is -2.25. The Balaban J connectivity index is 1.65. The zero-order valence-electron chi connectivity index (χ0n) is 17.2. The summed E-state index contributed by atoms with van der Waals surface area (Å²) in [5.74, 6) is 1.62. The minimum absolute atomic E-state index is 0.0874. The van der Waals surface area contributed by atoms with Crippen LogP contribution in [0.25, 0.3) is 0 Å². The van der Waals surface area contributed by atoms with E-state index in [0.717, 1.165) is 57.1 Å². The molecule has 0 amide bonds. The van der Waals surface area contributed by atoms with Crippen molar-refractivity contribution in [2.24, 2.45) is 10.9 Å². The van der Waals surface area contributed by atoms with Crippen LogP contribution in [0, 0.1) is 11.7 Å². The van der Waals surface area contributed by atoms with Crippen molar-refractivity contribution in [2.45, 2.75) is 45.4 Å². The van der Waals surface area contributed by atoms with Crippen LogP contribution in [-0.4, -0.2) is 61.6 Å². The van der Waals surface area contributed by atoms with Crippen molar-refractivity contribution >= 4 is 5.96 Å².